The number of pyridine rings is 1. The van der Waals surface area contributed by atoms with E-state index in [0.717, 1.165) is 12.8 Å². The molecule has 0 aliphatic carbocycles. The molecule has 0 saturated heterocycles. The average molecular weight is 231 g/mol. The zero-order valence-corrected chi connectivity index (χ0v) is 10.1. The van der Waals surface area contributed by atoms with Gasteiger partial charge in [0.2, 0.25) is 0 Å². The SMILES string of the molecule is CCCC(C)N(C)c1ncc(Cl)cc1F. The molecule has 0 saturated carbocycles. The molecule has 0 aliphatic rings. The fraction of sp³-hybridized carbons (Fsp3) is 0.545. The first-order chi connectivity index (χ1) is 7.06. The Morgan fingerprint density at radius 2 is 2.27 bits per heavy atom. The van der Waals surface area contributed by atoms with Crippen LogP contribution in [0.3, 0.4) is 0 Å². The molecule has 1 aromatic rings. The largest absolute Gasteiger partial charge is 0.355 e. The summed E-state index contributed by atoms with van der Waals surface area (Å²) in [7, 11) is 1.85. The fourth-order valence-corrected chi connectivity index (χ4v) is 1.63. The van der Waals surface area contributed by atoms with Crippen LogP contribution in [-0.2, 0) is 0 Å². The summed E-state index contributed by atoms with van der Waals surface area (Å²) in [6, 6.07) is 1.57. The summed E-state index contributed by atoms with van der Waals surface area (Å²) < 4.78 is 13.5. The highest BCUT2D eigenvalue weighted by molar-refractivity contribution is 6.30. The van der Waals surface area contributed by atoms with Crippen LogP contribution < -0.4 is 4.90 Å². The molecule has 15 heavy (non-hydrogen) atoms. The molecule has 2 nitrogen and oxygen atoms in total. The van der Waals surface area contributed by atoms with Crippen molar-refractivity contribution in [2.45, 2.75) is 32.7 Å². The predicted octanol–water partition coefficient (Wildman–Crippen LogP) is 3.50. The molecule has 0 aromatic carbocycles. The number of halogens is 2. The van der Waals surface area contributed by atoms with Crippen LogP contribution in [0.25, 0.3) is 0 Å². The summed E-state index contributed by atoms with van der Waals surface area (Å²) in [6.07, 6.45) is 3.55. The number of nitrogens with zero attached hydrogens (tertiary/aromatic N) is 2. The van der Waals surface area contributed by atoms with Gasteiger partial charge in [0.25, 0.3) is 0 Å². The molecule has 4 heteroatoms. The Labute approximate surface area is 95.1 Å². The van der Waals surface area contributed by atoms with E-state index in [4.69, 9.17) is 11.6 Å². The summed E-state index contributed by atoms with van der Waals surface area (Å²) in [4.78, 5) is 5.84. The molecular weight excluding hydrogens is 215 g/mol. The number of hydrogen-bond donors (Lipinski definition) is 0. The number of anilines is 1. The van der Waals surface area contributed by atoms with E-state index in [-0.39, 0.29) is 11.9 Å². The molecular formula is C11H16ClFN2. The lowest BCUT2D eigenvalue weighted by atomic mass is 10.2. The number of aromatic nitrogens is 1. The second-order valence-electron chi connectivity index (χ2n) is 3.71. The van der Waals surface area contributed by atoms with Crippen LogP contribution in [0.1, 0.15) is 26.7 Å². The van der Waals surface area contributed by atoms with Crippen molar-refractivity contribution in [2.75, 3.05) is 11.9 Å². The summed E-state index contributed by atoms with van der Waals surface area (Å²) in [6.45, 7) is 4.16. The first-order valence-electron chi connectivity index (χ1n) is 5.10. The minimum absolute atomic E-state index is 0.276. The first-order valence-corrected chi connectivity index (χ1v) is 5.48. The Balaban J connectivity index is 2.86. The predicted molar refractivity (Wildman–Crippen MR) is 62.0 cm³/mol. The molecule has 1 atom stereocenters. The van der Waals surface area contributed by atoms with E-state index in [2.05, 4.69) is 18.8 Å². The van der Waals surface area contributed by atoms with Crippen LogP contribution in [0.2, 0.25) is 5.02 Å². The molecule has 1 unspecified atom stereocenters. The van der Waals surface area contributed by atoms with Crippen LogP contribution in [0.4, 0.5) is 10.2 Å². The van der Waals surface area contributed by atoms with Crippen LogP contribution in [0, 0.1) is 5.82 Å². The van der Waals surface area contributed by atoms with Gasteiger partial charge < -0.3 is 4.90 Å². The second-order valence-corrected chi connectivity index (χ2v) is 4.14. The summed E-state index contributed by atoms with van der Waals surface area (Å²) >= 11 is 5.64. The highest BCUT2D eigenvalue weighted by Gasteiger charge is 2.14. The van der Waals surface area contributed by atoms with E-state index in [0.29, 0.717) is 10.8 Å². The standard InChI is InChI=1S/C11H16ClFN2/c1-4-5-8(2)15(3)11-10(13)6-9(12)7-14-11/h6-8H,4-5H2,1-3H3. The van der Waals surface area contributed by atoms with Gasteiger partial charge in [0, 0.05) is 19.3 Å². The van der Waals surface area contributed by atoms with Gasteiger partial charge in [-0.1, -0.05) is 24.9 Å². The van der Waals surface area contributed by atoms with E-state index in [9.17, 15) is 4.39 Å². The molecule has 0 radical (unpaired) electrons. The van der Waals surface area contributed by atoms with Gasteiger partial charge >= 0.3 is 0 Å². The molecule has 84 valence electrons. The van der Waals surface area contributed by atoms with E-state index in [1.165, 1.54) is 12.3 Å². The normalized spacial score (nSPS) is 12.6. The minimum Gasteiger partial charge on any atom is -0.355 e. The maximum absolute atomic E-state index is 13.5. The van der Waals surface area contributed by atoms with Gasteiger partial charge in [-0.05, 0) is 19.4 Å². The van der Waals surface area contributed by atoms with Crippen molar-refractivity contribution in [3.05, 3.63) is 23.1 Å². The second kappa shape index (κ2) is 5.31. The van der Waals surface area contributed by atoms with Crippen LogP contribution >= 0.6 is 11.6 Å². The van der Waals surface area contributed by atoms with Gasteiger partial charge in [-0.2, -0.15) is 0 Å². The van der Waals surface area contributed by atoms with E-state index >= 15 is 0 Å². The number of hydrogen-bond acceptors (Lipinski definition) is 2. The van der Waals surface area contributed by atoms with Gasteiger partial charge in [-0.25, -0.2) is 9.37 Å². The third kappa shape index (κ3) is 3.06. The van der Waals surface area contributed by atoms with Crippen molar-refractivity contribution in [1.82, 2.24) is 4.98 Å². The number of rotatable bonds is 4. The smallest absolute Gasteiger partial charge is 0.167 e. The van der Waals surface area contributed by atoms with Gasteiger partial charge in [-0.15, -0.1) is 0 Å². The van der Waals surface area contributed by atoms with Crippen molar-refractivity contribution in [2.24, 2.45) is 0 Å². The summed E-state index contributed by atoms with van der Waals surface area (Å²) in [5.41, 5.74) is 0. The van der Waals surface area contributed by atoms with Crippen LogP contribution in [0.5, 0.6) is 0 Å². The van der Waals surface area contributed by atoms with Crippen LogP contribution in [-0.4, -0.2) is 18.1 Å². The van der Waals surface area contributed by atoms with Gasteiger partial charge in [0.15, 0.2) is 11.6 Å². The average Bonchev–Trinajstić information content (AvgIpc) is 2.17. The van der Waals surface area contributed by atoms with E-state index in [1.807, 2.05) is 11.9 Å². The molecule has 0 amide bonds. The maximum atomic E-state index is 13.5. The van der Waals surface area contributed by atoms with Gasteiger partial charge in [0.1, 0.15) is 0 Å². The van der Waals surface area contributed by atoms with E-state index in [1.54, 1.807) is 0 Å². The van der Waals surface area contributed by atoms with E-state index < -0.39 is 0 Å². The molecule has 0 bridgehead atoms. The molecule has 1 aromatic heterocycles. The Morgan fingerprint density at radius 3 is 2.80 bits per heavy atom. The van der Waals surface area contributed by atoms with Crippen molar-refractivity contribution in [3.63, 3.8) is 0 Å². The topological polar surface area (TPSA) is 16.1 Å². The lowest BCUT2D eigenvalue weighted by Crippen LogP contribution is -2.30. The lowest BCUT2D eigenvalue weighted by Gasteiger charge is -2.25. The molecule has 0 spiro atoms. The van der Waals surface area contributed by atoms with Gasteiger partial charge in [-0.3, -0.25) is 0 Å². The van der Waals surface area contributed by atoms with Crippen molar-refractivity contribution in [1.29, 1.82) is 0 Å². The Morgan fingerprint density at radius 1 is 1.60 bits per heavy atom. The highest BCUT2D eigenvalue weighted by Crippen LogP contribution is 2.21. The summed E-state index contributed by atoms with van der Waals surface area (Å²) in [5, 5.41) is 0.327. The fourth-order valence-electron chi connectivity index (χ4n) is 1.49. The van der Waals surface area contributed by atoms with Gasteiger partial charge in [0.05, 0.1) is 5.02 Å². The molecule has 1 rings (SSSR count). The maximum Gasteiger partial charge on any atom is 0.167 e. The Bertz CT molecular complexity index is 330. The lowest BCUT2D eigenvalue weighted by molar-refractivity contribution is 0.574. The zero-order valence-electron chi connectivity index (χ0n) is 9.30. The zero-order chi connectivity index (χ0) is 11.4. The first kappa shape index (κ1) is 12.2. The Kier molecular flexibility index (Phi) is 4.33. The van der Waals surface area contributed by atoms with Crippen LogP contribution in [0.15, 0.2) is 12.3 Å². The monoisotopic (exact) mass is 230 g/mol. The minimum atomic E-state index is -0.368. The molecule has 0 fully saturated rings. The Hall–Kier alpha value is -0.830. The summed E-state index contributed by atoms with van der Waals surface area (Å²) in [5.74, 6) is -0.00620. The molecule has 1 heterocycles. The van der Waals surface area contributed by atoms with Crippen molar-refractivity contribution in [3.8, 4) is 0 Å². The quantitative estimate of drug-likeness (QED) is 0.787. The molecule has 0 N–H and O–H groups in total. The molecule has 0 aliphatic heterocycles. The third-order valence-electron chi connectivity index (χ3n) is 2.49. The highest BCUT2D eigenvalue weighted by atomic mass is 35.5. The van der Waals surface area contributed by atoms with Crippen molar-refractivity contribution < 1.29 is 4.39 Å². The van der Waals surface area contributed by atoms with Crippen molar-refractivity contribution >= 4 is 17.4 Å². The third-order valence-corrected chi connectivity index (χ3v) is 2.70.